The van der Waals surface area contributed by atoms with Crippen LogP contribution in [0.4, 0.5) is 0 Å². The average Bonchev–Trinajstić information content (AvgIpc) is 2.45. The van der Waals surface area contributed by atoms with Crippen molar-refractivity contribution >= 4 is 5.97 Å². The van der Waals surface area contributed by atoms with Gasteiger partial charge in [-0.1, -0.05) is 71.9 Å². The second-order valence-electron chi connectivity index (χ2n) is 2.47. The predicted octanol–water partition coefficient (Wildman–Crippen LogP) is 4.95. The van der Waals surface area contributed by atoms with Crippen molar-refractivity contribution < 1.29 is 9.90 Å². The molecule has 0 fully saturated rings. The van der Waals surface area contributed by atoms with Crippen LogP contribution in [0.2, 0.25) is 0 Å². The molecule has 1 N–H and O–H groups in total. The van der Waals surface area contributed by atoms with Crippen LogP contribution in [0.15, 0.2) is 30.3 Å². The molecule has 1 aromatic rings. The van der Waals surface area contributed by atoms with Gasteiger partial charge in [0.1, 0.15) is 0 Å². The molecule has 0 saturated carbocycles. The summed E-state index contributed by atoms with van der Waals surface area (Å²) in [5.74, 6) is -1.19. The van der Waals surface area contributed by atoms with E-state index in [0.29, 0.717) is 0 Å². The Morgan fingerprint density at radius 3 is 1.59 bits per heavy atom. The van der Waals surface area contributed by atoms with Gasteiger partial charge in [0, 0.05) is 0 Å². The van der Waals surface area contributed by atoms with E-state index in [0.717, 1.165) is 5.56 Å². The van der Waals surface area contributed by atoms with Crippen LogP contribution in [0.1, 0.15) is 59.9 Å². The Balaban J connectivity index is -0.000000285. The summed E-state index contributed by atoms with van der Waals surface area (Å²) in [5.41, 5.74) is 0.847. The van der Waals surface area contributed by atoms with E-state index in [1.54, 1.807) is 6.92 Å². The molecule has 0 saturated heterocycles. The summed E-state index contributed by atoms with van der Waals surface area (Å²) in [6.07, 6.45) is 0. The molecule has 0 bridgehead atoms. The van der Waals surface area contributed by atoms with Gasteiger partial charge < -0.3 is 5.11 Å². The van der Waals surface area contributed by atoms with E-state index in [-0.39, 0.29) is 0 Å². The minimum absolute atomic E-state index is 0.406. The average molecular weight is 240 g/mol. The summed E-state index contributed by atoms with van der Waals surface area (Å²) in [5, 5.41) is 8.64. The van der Waals surface area contributed by atoms with Gasteiger partial charge in [0.15, 0.2) is 0 Å². The minimum Gasteiger partial charge on any atom is -0.481 e. The van der Waals surface area contributed by atoms with Crippen LogP contribution >= 0.6 is 0 Å². The van der Waals surface area contributed by atoms with Crippen molar-refractivity contribution in [3.05, 3.63) is 35.9 Å². The Morgan fingerprint density at radius 2 is 1.29 bits per heavy atom. The van der Waals surface area contributed by atoms with Crippen LogP contribution in [0.5, 0.6) is 0 Å². The molecule has 100 valence electrons. The summed E-state index contributed by atoms with van der Waals surface area (Å²) in [7, 11) is 0. The van der Waals surface area contributed by atoms with E-state index in [1.807, 2.05) is 71.9 Å². The molecule has 0 spiro atoms. The molecule has 1 atom stereocenters. The lowest BCUT2D eigenvalue weighted by Gasteiger charge is -2.04. The normalized spacial score (nSPS) is 9.12. The zero-order valence-electron chi connectivity index (χ0n) is 12.3. The number of carboxylic acids is 1. The molecule has 0 amide bonds. The van der Waals surface area contributed by atoms with Gasteiger partial charge in [0.2, 0.25) is 0 Å². The maximum absolute atomic E-state index is 10.5. The van der Waals surface area contributed by atoms with Crippen molar-refractivity contribution in [3.8, 4) is 0 Å². The molecule has 0 aliphatic rings. The molecule has 2 heteroatoms. The van der Waals surface area contributed by atoms with E-state index < -0.39 is 11.9 Å². The van der Waals surface area contributed by atoms with Gasteiger partial charge in [0.05, 0.1) is 5.92 Å². The van der Waals surface area contributed by atoms with Gasteiger partial charge in [-0.2, -0.15) is 0 Å². The Hall–Kier alpha value is -1.31. The highest BCUT2D eigenvalue weighted by molar-refractivity contribution is 5.75. The van der Waals surface area contributed by atoms with Gasteiger partial charge in [-0.3, -0.25) is 4.79 Å². The fraction of sp³-hybridized carbons (Fsp3) is 0.533. The topological polar surface area (TPSA) is 37.3 Å². The second kappa shape index (κ2) is 17.1. The third-order valence-electron chi connectivity index (χ3n) is 1.67. The fourth-order valence-electron chi connectivity index (χ4n) is 0.884. The summed E-state index contributed by atoms with van der Waals surface area (Å²) in [6.45, 7) is 13.7. The van der Waals surface area contributed by atoms with Crippen LogP contribution in [-0.2, 0) is 4.79 Å². The molecule has 0 radical (unpaired) electrons. The largest absolute Gasteiger partial charge is 0.481 e. The summed E-state index contributed by atoms with van der Waals surface area (Å²) in [4.78, 5) is 10.5. The first kappa shape index (κ1) is 21.0. The van der Waals surface area contributed by atoms with Crippen molar-refractivity contribution in [2.75, 3.05) is 0 Å². The Morgan fingerprint density at radius 1 is 0.941 bits per heavy atom. The molecule has 17 heavy (non-hydrogen) atoms. The number of carboxylic acid groups (broad SMARTS) is 1. The molecular weight excluding hydrogens is 212 g/mol. The third-order valence-corrected chi connectivity index (χ3v) is 1.67. The molecule has 0 aromatic heterocycles. The SMILES string of the molecule is CC.CC.CC.CC(C(=O)O)c1ccccc1. The highest BCUT2D eigenvalue weighted by Crippen LogP contribution is 2.13. The van der Waals surface area contributed by atoms with Crippen LogP contribution in [-0.4, -0.2) is 11.1 Å². The Kier molecular flexibility index (Phi) is 21.1. The van der Waals surface area contributed by atoms with Crippen molar-refractivity contribution in [3.63, 3.8) is 0 Å². The van der Waals surface area contributed by atoms with Gasteiger partial charge in [-0.05, 0) is 12.5 Å². The highest BCUT2D eigenvalue weighted by Gasteiger charge is 2.11. The predicted molar refractivity (Wildman–Crippen MR) is 76.5 cm³/mol. The maximum Gasteiger partial charge on any atom is 0.310 e. The lowest BCUT2D eigenvalue weighted by Crippen LogP contribution is -2.06. The lowest BCUT2D eigenvalue weighted by atomic mass is 10.0. The number of carbonyl (C=O) groups is 1. The number of hydrogen-bond acceptors (Lipinski definition) is 1. The van der Waals surface area contributed by atoms with Crippen LogP contribution < -0.4 is 0 Å². The fourth-order valence-corrected chi connectivity index (χ4v) is 0.884. The number of hydrogen-bond donors (Lipinski definition) is 1. The number of benzene rings is 1. The quantitative estimate of drug-likeness (QED) is 0.793. The van der Waals surface area contributed by atoms with Crippen molar-refractivity contribution in [2.45, 2.75) is 54.4 Å². The van der Waals surface area contributed by atoms with E-state index in [2.05, 4.69) is 0 Å². The van der Waals surface area contributed by atoms with Crippen molar-refractivity contribution in [1.29, 1.82) is 0 Å². The lowest BCUT2D eigenvalue weighted by molar-refractivity contribution is -0.138. The highest BCUT2D eigenvalue weighted by atomic mass is 16.4. The Labute approximate surface area is 107 Å². The molecule has 1 rings (SSSR count). The zero-order valence-corrected chi connectivity index (χ0v) is 12.3. The first-order valence-corrected chi connectivity index (χ1v) is 6.49. The molecule has 1 aromatic carbocycles. The molecule has 1 unspecified atom stereocenters. The minimum atomic E-state index is -0.781. The monoisotopic (exact) mass is 240 g/mol. The summed E-state index contributed by atoms with van der Waals surface area (Å²) in [6, 6.07) is 9.19. The second-order valence-corrected chi connectivity index (χ2v) is 2.47. The molecule has 0 aliphatic heterocycles. The Bertz CT molecular complexity index is 242. The van der Waals surface area contributed by atoms with Crippen LogP contribution in [0, 0.1) is 0 Å². The van der Waals surface area contributed by atoms with E-state index >= 15 is 0 Å². The van der Waals surface area contributed by atoms with Gasteiger partial charge in [0.25, 0.3) is 0 Å². The number of aliphatic carboxylic acids is 1. The molecule has 2 nitrogen and oxygen atoms in total. The standard InChI is InChI=1S/C9H10O2.3C2H6/c1-7(9(10)11)8-5-3-2-4-6-8;3*1-2/h2-7H,1H3,(H,10,11);3*1-2H3. The summed E-state index contributed by atoms with van der Waals surface area (Å²) >= 11 is 0. The van der Waals surface area contributed by atoms with Gasteiger partial charge in [-0.15, -0.1) is 0 Å². The smallest absolute Gasteiger partial charge is 0.310 e. The molecule has 0 aliphatic carbocycles. The zero-order chi connectivity index (χ0) is 14.3. The number of rotatable bonds is 2. The van der Waals surface area contributed by atoms with Crippen LogP contribution in [0.3, 0.4) is 0 Å². The van der Waals surface area contributed by atoms with Gasteiger partial charge in [-0.25, -0.2) is 0 Å². The molecule has 0 heterocycles. The van der Waals surface area contributed by atoms with Crippen LogP contribution in [0.25, 0.3) is 0 Å². The van der Waals surface area contributed by atoms with Crippen molar-refractivity contribution in [1.82, 2.24) is 0 Å². The third kappa shape index (κ3) is 11.0. The first-order chi connectivity index (χ1) is 8.22. The van der Waals surface area contributed by atoms with E-state index in [4.69, 9.17) is 5.11 Å². The van der Waals surface area contributed by atoms with E-state index in [9.17, 15) is 4.79 Å². The van der Waals surface area contributed by atoms with E-state index in [1.165, 1.54) is 0 Å². The molecular formula is C15H28O2. The first-order valence-electron chi connectivity index (χ1n) is 6.49. The van der Waals surface area contributed by atoms with Gasteiger partial charge >= 0.3 is 5.97 Å². The maximum atomic E-state index is 10.5. The summed E-state index contributed by atoms with van der Waals surface area (Å²) < 4.78 is 0. The van der Waals surface area contributed by atoms with Crippen molar-refractivity contribution in [2.24, 2.45) is 0 Å².